The minimum absolute atomic E-state index is 0.00799. The van der Waals surface area contributed by atoms with Gasteiger partial charge in [0.25, 0.3) is 10.0 Å². The maximum atomic E-state index is 13.5. The lowest BCUT2D eigenvalue weighted by molar-refractivity contribution is 0.579. The summed E-state index contributed by atoms with van der Waals surface area (Å²) in [6.07, 6.45) is 1.21. The second-order valence-electron chi connectivity index (χ2n) is 3.77. The van der Waals surface area contributed by atoms with E-state index in [-0.39, 0.29) is 20.9 Å². The van der Waals surface area contributed by atoms with E-state index in [0.29, 0.717) is 6.07 Å². The average molecular weight is 364 g/mol. The third kappa shape index (κ3) is 3.05. The van der Waals surface area contributed by atoms with Gasteiger partial charge in [-0.05, 0) is 28.1 Å². The SMILES string of the molecule is Nc1cc(S(=O)(=O)Nc2cc(Br)c(F)cc2F)ccn1. The highest BCUT2D eigenvalue weighted by molar-refractivity contribution is 9.10. The molecule has 0 amide bonds. The number of nitrogens with two attached hydrogens (primary N) is 1. The minimum atomic E-state index is -4.04. The third-order valence-electron chi connectivity index (χ3n) is 2.32. The van der Waals surface area contributed by atoms with E-state index in [1.165, 1.54) is 12.3 Å². The first kappa shape index (κ1) is 14.7. The maximum absolute atomic E-state index is 13.5. The number of nitrogens with zero attached hydrogens (tertiary/aromatic N) is 1. The minimum Gasteiger partial charge on any atom is -0.384 e. The number of pyridine rings is 1. The van der Waals surface area contributed by atoms with Crippen LogP contribution in [-0.2, 0) is 10.0 Å². The first-order valence-electron chi connectivity index (χ1n) is 5.18. The first-order valence-corrected chi connectivity index (χ1v) is 7.46. The lowest BCUT2D eigenvalue weighted by Gasteiger charge is -2.10. The largest absolute Gasteiger partial charge is 0.384 e. The molecule has 1 heterocycles. The van der Waals surface area contributed by atoms with E-state index >= 15 is 0 Å². The van der Waals surface area contributed by atoms with Gasteiger partial charge in [-0.15, -0.1) is 0 Å². The van der Waals surface area contributed by atoms with Crippen LogP contribution in [0.4, 0.5) is 20.3 Å². The predicted octanol–water partition coefficient (Wildman–Crippen LogP) is 2.51. The van der Waals surface area contributed by atoms with Crippen LogP contribution in [0.5, 0.6) is 0 Å². The number of hydrogen-bond donors (Lipinski definition) is 2. The Kier molecular flexibility index (Phi) is 3.91. The molecule has 0 bridgehead atoms. The van der Waals surface area contributed by atoms with Crippen LogP contribution >= 0.6 is 15.9 Å². The average Bonchev–Trinajstić information content (AvgIpc) is 2.36. The van der Waals surface area contributed by atoms with Crippen molar-refractivity contribution in [2.75, 3.05) is 10.5 Å². The topological polar surface area (TPSA) is 85.1 Å². The number of aromatic nitrogens is 1. The summed E-state index contributed by atoms with van der Waals surface area (Å²) in [5, 5.41) is 0. The highest BCUT2D eigenvalue weighted by atomic mass is 79.9. The number of nitrogens with one attached hydrogen (secondary N) is 1. The smallest absolute Gasteiger partial charge is 0.262 e. The Labute approximate surface area is 122 Å². The fourth-order valence-electron chi connectivity index (χ4n) is 1.40. The summed E-state index contributed by atoms with van der Waals surface area (Å²) in [4.78, 5) is 3.48. The molecule has 3 N–H and O–H groups in total. The van der Waals surface area contributed by atoms with Crippen molar-refractivity contribution in [2.45, 2.75) is 4.90 Å². The van der Waals surface area contributed by atoms with Crippen LogP contribution in [0.1, 0.15) is 0 Å². The standard InChI is InChI=1S/C11H8BrF2N3O2S/c12-7-4-10(9(14)5-8(7)13)17-20(18,19)6-1-2-16-11(15)3-6/h1-5,17H,(H2,15,16). The molecule has 1 aromatic carbocycles. The quantitative estimate of drug-likeness (QED) is 0.820. The van der Waals surface area contributed by atoms with Crippen molar-refractivity contribution in [1.82, 2.24) is 4.98 Å². The predicted molar refractivity (Wildman–Crippen MR) is 73.5 cm³/mol. The molecule has 9 heteroatoms. The fourth-order valence-corrected chi connectivity index (χ4v) is 2.82. The molecule has 5 nitrogen and oxygen atoms in total. The third-order valence-corrected chi connectivity index (χ3v) is 4.29. The van der Waals surface area contributed by atoms with Gasteiger partial charge in [-0.25, -0.2) is 22.2 Å². The van der Waals surface area contributed by atoms with Crippen LogP contribution in [0.15, 0.2) is 39.8 Å². The lowest BCUT2D eigenvalue weighted by atomic mass is 10.3. The summed E-state index contributed by atoms with van der Waals surface area (Å²) in [6, 6.07) is 3.89. The summed E-state index contributed by atoms with van der Waals surface area (Å²) in [5.41, 5.74) is 5.01. The zero-order chi connectivity index (χ0) is 14.9. The Hall–Kier alpha value is -1.74. The molecule has 0 aliphatic heterocycles. The molecule has 2 rings (SSSR count). The van der Waals surface area contributed by atoms with Crippen molar-refractivity contribution in [3.05, 3.63) is 46.6 Å². The van der Waals surface area contributed by atoms with Gasteiger partial charge in [0, 0.05) is 18.3 Å². The van der Waals surface area contributed by atoms with Crippen molar-refractivity contribution in [2.24, 2.45) is 0 Å². The van der Waals surface area contributed by atoms with Gasteiger partial charge in [-0.2, -0.15) is 0 Å². The van der Waals surface area contributed by atoms with Crippen LogP contribution in [0.2, 0.25) is 0 Å². The van der Waals surface area contributed by atoms with Crippen molar-refractivity contribution in [3.8, 4) is 0 Å². The molecule has 0 atom stereocenters. The molecule has 0 saturated carbocycles. The van der Waals surface area contributed by atoms with Crippen molar-refractivity contribution >= 4 is 37.5 Å². The number of benzene rings is 1. The molecule has 106 valence electrons. The highest BCUT2D eigenvalue weighted by Gasteiger charge is 2.18. The van der Waals surface area contributed by atoms with E-state index in [9.17, 15) is 17.2 Å². The van der Waals surface area contributed by atoms with Gasteiger partial charge >= 0.3 is 0 Å². The summed E-state index contributed by atoms with van der Waals surface area (Å²) in [7, 11) is -4.04. The molecular formula is C11H8BrF2N3O2S. The number of anilines is 2. The molecule has 0 fully saturated rings. The zero-order valence-electron chi connectivity index (χ0n) is 9.77. The second kappa shape index (κ2) is 5.33. The van der Waals surface area contributed by atoms with Gasteiger partial charge < -0.3 is 5.73 Å². The van der Waals surface area contributed by atoms with Gasteiger partial charge in [0.1, 0.15) is 17.5 Å². The Morgan fingerprint density at radius 2 is 1.90 bits per heavy atom. The Balaban J connectivity index is 2.41. The van der Waals surface area contributed by atoms with Crippen LogP contribution in [0.3, 0.4) is 0 Å². The van der Waals surface area contributed by atoms with Crippen molar-refractivity contribution in [3.63, 3.8) is 0 Å². The van der Waals surface area contributed by atoms with E-state index < -0.39 is 21.7 Å². The van der Waals surface area contributed by atoms with Gasteiger partial charge in [-0.3, -0.25) is 4.72 Å². The second-order valence-corrected chi connectivity index (χ2v) is 6.30. The molecule has 2 aromatic rings. The van der Waals surface area contributed by atoms with E-state index in [0.717, 1.165) is 12.1 Å². The monoisotopic (exact) mass is 363 g/mol. The first-order chi connectivity index (χ1) is 9.29. The van der Waals surface area contributed by atoms with Crippen LogP contribution in [0, 0.1) is 11.6 Å². The molecule has 0 aliphatic rings. The molecular weight excluding hydrogens is 356 g/mol. The van der Waals surface area contributed by atoms with Gasteiger partial charge in [-0.1, -0.05) is 0 Å². The number of rotatable bonds is 3. The van der Waals surface area contributed by atoms with Crippen LogP contribution < -0.4 is 10.5 Å². The van der Waals surface area contributed by atoms with Crippen molar-refractivity contribution in [1.29, 1.82) is 0 Å². The Bertz CT molecular complexity index is 768. The number of nitrogen functional groups attached to an aromatic ring is 1. The number of hydrogen-bond acceptors (Lipinski definition) is 4. The Morgan fingerprint density at radius 1 is 1.20 bits per heavy atom. The molecule has 0 spiro atoms. The Morgan fingerprint density at radius 3 is 2.55 bits per heavy atom. The maximum Gasteiger partial charge on any atom is 0.262 e. The van der Waals surface area contributed by atoms with Gasteiger partial charge in [0.2, 0.25) is 0 Å². The molecule has 0 aliphatic carbocycles. The van der Waals surface area contributed by atoms with E-state index in [2.05, 4.69) is 20.9 Å². The van der Waals surface area contributed by atoms with E-state index in [1.807, 2.05) is 4.72 Å². The molecule has 20 heavy (non-hydrogen) atoms. The summed E-state index contributed by atoms with van der Waals surface area (Å²) >= 11 is 2.85. The molecule has 1 aromatic heterocycles. The highest BCUT2D eigenvalue weighted by Crippen LogP contribution is 2.26. The fraction of sp³-hybridized carbons (Fsp3) is 0. The van der Waals surface area contributed by atoms with Gasteiger partial charge in [0.05, 0.1) is 15.1 Å². The normalized spacial score (nSPS) is 11.3. The number of sulfonamides is 1. The van der Waals surface area contributed by atoms with Gasteiger partial charge in [0.15, 0.2) is 0 Å². The van der Waals surface area contributed by atoms with Crippen LogP contribution in [-0.4, -0.2) is 13.4 Å². The van der Waals surface area contributed by atoms with E-state index in [1.54, 1.807) is 0 Å². The summed E-state index contributed by atoms with van der Waals surface area (Å²) in [5.74, 6) is -1.86. The van der Waals surface area contributed by atoms with E-state index in [4.69, 9.17) is 5.73 Å². The molecule has 0 saturated heterocycles. The summed E-state index contributed by atoms with van der Waals surface area (Å²) in [6.45, 7) is 0. The molecule has 0 unspecified atom stereocenters. The lowest BCUT2D eigenvalue weighted by Crippen LogP contribution is -2.14. The van der Waals surface area contributed by atoms with Crippen molar-refractivity contribution < 1.29 is 17.2 Å². The zero-order valence-corrected chi connectivity index (χ0v) is 12.2. The summed E-state index contributed by atoms with van der Waals surface area (Å²) < 4.78 is 52.6. The number of halogens is 3. The van der Waals surface area contributed by atoms with Crippen LogP contribution in [0.25, 0.3) is 0 Å². The molecule has 0 radical (unpaired) electrons.